The van der Waals surface area contributed by atoms with E-state index in [1.54, 1.807) is 6.20 Å². The highest BCUT2D eigenvalue weighted by molar-refractivity contribution is 8.13. The van der Waals surface area contributed by atoms with Gasteiger partial charge in [0, 0.05) is 49.7 Å². The molecule has 26 heavy (non-hydrogen) atoms. The second kappa shape index (κ2) is 11.4. The number of imidazole rings is 1. The molecule has 0 saturated carbocycles. The molecule has 9 nitrogen and oxygen atoms in total. The third kappa shape index (κ3) is 8.26. The van der Waals surface area contributed by atoms with Crippen LogP contribution in [0.5, 0.6) is 0 Å². The van der Waals surface area contributed by atoms with E-state index in [-0.39, 0.29) is 23.1 Å². The highest BCUT2D eigenvalue weighted by Gasteiger charge is 2.25. The summed E-state index contributed by atoms with van der Waals surface area (Å²) >= 11 is 0.885. The maximum atomic E-state index is 12.6. The zero-order valence-electron chi connectivity index (χ0n) is 14.7. The normalized spacial score (nSPS) is 13.0. The number of hydrogen-bond acceptors (Lipinski definition) is 7. The number of amides is 2. The van der Waals surface area contributed by atoms with Crippen molar-refractivity contribution in [2.75, 3.05) is 12.3 Å². The van der Waals surface area contributed by atoms with Gasteiger partial charge in [-0.25, -0.2) is 4.98 Å². The van der Waals surface area contributed by atoms with Crippen LogP contribution in [0.25, 0.3) is 0 Å². The molecule has 0 saturated heterocycles. The van der Waals surface area contributed by atoms with Crippen molar-refractivity contribution in [2.24, 2.45) is 17.4 Å². The average Bonchev–Trinajstić information content (AvgIpc) is 3.08. The molecule has 0 radical (unpaired) electrons. The summed E-state index contributed by atoms with van der Waals surface area (Å²) in [5.41, 5.74) is 11.4. The number of thioether (sulfide) groups is 1. The van der Waals surface area contributed by atoms with Crippen molar-refractivity contribution in [3.8, 4) is 0 Å². The number of nitrogens with one attached hydrogen (secondary N) is 2. The monoisotopic (exact) mass is 383 g/mol. The van der Waals surface area contributed by atoms with Gasteiger partial charge >= 0.3 is 0 Å². The van der Waals surface area contributed by atoms with Gasteiger partial charge in [-0.3, -0.25) is 19.2 Å². The second-order valence-electron chi connectivity index (χ2n) is 5.90. The third-order valence-corrected chi connectivity index (χ3v) is 4.72. The van der Waals surface area contributed by atoms with Crippen LogP contribution in [0.4, 0.5) is 0 Å². The van der Waals surface area contributed by atoms with Crippen molar-refractivity contribution in [3.63, 3.8) is 0 Å². The Balaban J connectivity index is 2.71. The van der Waals surface area contributed by atoms with Crippen LogP contribution in [0.3, 0.4) is 0 Å². The van der Waals surface area contributed by atoms with E-state index < -0.39 is 23.8 Å². The summed E-state index contributed by atoms with van der Waals surface area (Å²) in [6, 6.07) is -0.942. The number of ketones is 1. The van der Waals surface area contributed by atoms with Gasteiger partial charge in [-0.1, -0.05) is 11.8 Å². The van der Waals surface area contributed by atoms with E-state index in [4.69, 9.17) is 11.5 Å². The predicted molar refractivity (Wildman–Crippen MR) is 98.0 cm³/mol. The van der Waals surface area contributed by atoms with E-state index in [1.807, 2.05) is 0 Å². The number of carbonyl (C=O) groups excluding carboxylic acids is 4. The van der Waals surface area contributed by atoms with E-state index in [0.29, 0.717) is 25.8 Å². The predicted octanol–water partition coefficient (Wildman–Crippen LogP) is -0.484. The van der Waals surface area contributed by atoms with Crippen LogP contribution in [-0.2, 0) is 25.6 Å². The quantitative estimate of drug-likeness (QED) is 0.379. The zero-order chi connectivity index (χ0) is 19.5. The fourth-order valence-corrected chi connectivity index (χ4v) is 3.28. The topological polar surface area (TPSA) is 161 Å². The fourth-order valence-electron chi connectivity index (χ4n) is 2.30. The average molecular weight is 383 g/mol. The minimum Gasteiger partial charge on any atom is -0.368 e. The van der Waals surface area contributed by atoms with E-state index in [9.17, 15) is 19.2 Å². The van der Waals surface area contributed by atoms with Gasteiger partial charge in [0.1, 0.15) is 11.8 Å². The Morgan fingerprint density at radius 3 is 2.62 bits per heavy atom. The molecule has 0 aliphatic carbocycles. The van der Waals surface area contributed by atoms with Crippen LogP contribution in [0.1, 0.15) is 31.9 Å². The molecule has 6 N–H and O–H groups in total. The summed E-state index contributed by atoms with van der Waals surface area (Å²) in [4.78, 5) is 54.0. The molecule has 2 atom stereocenters. The first-order valence-corrected chi connectivity index (χ1v) is 9.24. The molecule has 1 aromatic rings. The Hall–Kier alpha value is -2.20. The molecule has 144 valence electrons. The van der Waals surface area contributed by atoms with Crippen molar-refractivity contribution >= 4 is 34.5 Å². The van der Waals surface area contributed by atoms with Gasteiger partial charge < -0.3 is 21.8 Å². The van der Waals surface area contributed by atoms with Crippen molar-refractivity contribution < 1.29 is 19.2 Å². The molecule has 1 rings (SSSR count). The Labute approximate surface area is 156 Å². The minimum atomic E-state index is -0.942. The summed E-state index contributed by atoms with van der Waals surface area (Å²) in [5.74, 6) is -1.71. The first kappa shape index (κ1) is 21.8. The highest BCUT2D eigenvalue weighted by atomic mass is 32.2. The Morgan fingerprint density at radius 2 is 2.08 bits per heavy atom. The molecule has 0 aromatic carbocycles. The van der Waals surface area contributed by atoms with Crippen molar-refractivity contribution in [1.29, 1.82) is 0 Å². The number of nitrogens with two attached hydrogens (primary N) is 2. The van der Waals surface area contributed by atoms with Crippen molar-refractivity contribution in [2.45, 2.75) is 38.6 Å². The van der Waals surface area contributed by atoms with Crippen molar-refractivity contribution in [1.82, 2.24) is 15.3 Å². The van der Waals surface area contributed by atoms with Crippen LogP contribution < -0.4 is 16.8 Å². The molecule has 1 unspecified atom stereocenters. The number of rotatable bonds is 12. The van der Waals surface area contributed by atoms with Gasteiger partial charge in [0.15, 0.2) is 5.12 Å². The Morgan fingerprint density at radius 1 is 1.35 bits per heavy atom. The zero-order valence-corrected chi connectivity index (χ0v) is 15.5. The van der Waals surface area contributed by atoms with Gasteiger partial charge in [0.2, 0.25) is 11.8 Å². The number of carbonyl (C=O) groups is 4. The minimum absolute atomic E-state index is 0.0181. The van der Waals surface area contributed by atoms with Gasteiger partial charge in [-0.15, -0.1) is 0 Å². The SMILES string of the molecule is CC(=O)NC(CSC(=O)[C@@H](CC(=O)CCCN)Cc1cnc[nH]1)C(N)=O. The van der Waals surface area contributed by atoms with E-state index in [1.165, 1.54) is 13.3 Å². The Bertz CT molecular complexity index is 620. The first-order valence-electron chi connectivity index (χ1n) is 8.25. The van der Waals surface area contributed by atoms with Crippen molar-refractivity contribution in [3.05, 3.63) is 18.2 Å². The number of H-pyrrole nitrogens is 1. The molecule has 1 heterocycles. The third-order valence-electron chi connectivity index (χ3n) is 3.60. The summed E-state index contributed by atoms with van der Waals surface area (Å²) in [5, 5.41) is 2.17. The van der Waals surface area contributed by atoms with Gasteiger partial charge in [0.25, 0.3) is 0 Å². The largest absolute Gasteiger partial charge is 0.368 e. The molecule has 0 fully saturated rings. The highest BCUT2D eigenvalue weighted by Crippen LogP contribution is 2.21. The van der Waals surface area contributed by atoms with Crippen LogP contribution in [0.15, 0.2) is 12.5 Å². The smallest absolute Gasteiger partial charge is 0.240 e. The van der Waals surface area contributed by atoms with Crippen LogP contribution in [-0.4, -0.2) is 51.0 Å². The lowest BCUT2D eigenvalue weighted by Gasteiger charge is -2.17. The number of nitrogens with zero attached hydrogens (tertiary/aromatic N) is 1. The standard InChI is InChI=1S/C16H25N5O4S/c1-10(22)21-14(15(18)24)8-26-16(25)11(5-12-7-19-9-20-12)6-13(23)3-2-4-17/h7,9,11,14H,2-6,8,17H2,1H3,(H2,18,24)(H,19,20)(H,21,22)/t11-,14?/m1/s1. The van der Waals surface area contributed by atoms with Gasteiger partial charge in [-0.2, -0.15) is 0 Å². The van der Waals surface area contributed by atoms with Crippen LogP contribution in [0.2, 0.25) is 0 Å². The molecule has 0 aliphatic rings. The summed E-state index contributed by atoms with van der Waals surface area (Å²) in [7, 11) is 0. The number of aromatic nitrogens is 2. The number of Topliss-reactive ketones (excluding diaryl/α,β-unsaturated/α-hetero) is 1. The lowest BCUT2D eigenvalue weighted by Crippen LogP contribution is -2.45. The number of primary amides is 1. The lowest BCUT2D eigenvalue weighted by atomic mass is 9.96. The summed E-state index contributed by atoms with van der Waals surface area (Å²) < 4.78 is 0. The number of hydrogen-bond donors (Lipinski definition) is 4. The fraction of sp³-hybridized carbons (Fsp3) is 0.562. The lowest BCUT2D eigenvalue weighted by molar-refractivity contribution is -0.125. The molecular weight excluding hydrogens is 358 g/mol. The molecule has 1 aromatic heterocycles. The van der Waals surface area contributed by atoms with E-state index >= 15 is 0 Å². The number of aromatic amines is 1. The maximum Gasteiger partial charge on any atom is 0.240 e. The molecule has 10 heteroatoms. The first-order chi connectivity index (χ1) is 12.3. The summed E-state index contributed by atoms with van der Waals surface area (Å²) in [6.07, 6.45) is 4.42. The molecule has 0 spiro atoms. The van der Waals surface area contributed by atoms with Crippen LogP contribution >= 0.6 is 11.8 Å². The molecular formula is C16H25N5O4S. The molecule has 0 aliphatic heterocycles. The molecule has 2 amide bonds. The van der Waals surface area contributed by atoms with E-state index in [0.717, 1.165) is 17.5 Å². The molecule has 0 bridgehead atoms. The maximum absolute atomic E-state index is 12.6. The summed E-state index contributed by atoms with van der Waals surface area (Å²) in [6.45, 7) is 1.68. The second-order valence-corrected chi connectivity index (χ2v) is 6.92. The Kier molecular flexibility index (Phi) is 9.60. The van der Waals surface area contributed by atoms with E-state index in [2.05, 4.69) is 15.3 Å². The van der Waals surface area contributed by atoms with Gasteiger partial charge in [0.05, 0.1) is 6.33 Å². The van der Waals surface area contributed by atoms with Gasteiger partial charge in [-0.05, 0) is 13.0 Å². The van der Waals surface area contributed by atoms with Crippen LogP contribution in [0, 0.1) is 5.92 Å².